The second-order valence-electron chi connectivity index (χ2n) is 13.8. The summed E-state index contributed by atoms with van der Waals surface area (Å²) in [5.74, 6) is -3.97. The number of carbonyl (C=O) groups is 4. The lowest BCUT2D eigenvalue weighted by atomic mass is 9.96. The lowest BCUT2D eigenvalue weighted by Gasteiger charge is -2.56. The molecule has 2 amide bonds. The minimum Gasteiger partial charge on any atom is -0.452 e. The van der Waals surface area contributed by atoms with Gasteiger partial charge in [-0.1, -0.05) is 139 Å². The molecule has 0 saturated carbocycles. The maximum atomic E-state index is 14.7. The molecule has 0 bridgehead atoms. The van der Waals surface area contributed by atoms with Crippen molar-refractivity contribution in [2.24, 2.45) is 7.05 Å². The van der Waals surface area contributed by atoms with Gasteiger partial charge in [0.2, 0.25) is 11.1 Å². The van der Waals surface area contributed by atoms with E-state index in [0.717, 1.165) is 22.3 Å². The number of methoxy groups -OCH3 is 1. The van der Waals surface area contributed by atoms with Crippen molar-refractivity contribution < 1.29 is 33.4 Å². The largest absolute Gasteiger partial charge is 0.452 e. The van der Waals surface area contributed by atoms with Crippen LogP contribution in [0.25, 0.3) is 0 Å². The molecule has 16 heteroatoms. The summed E-state index contributed by atoms with van der Waals surface area (Å²) in [5.41, 5.74) is 1.61. The first kappa shape index (κ1) is 40.7. The summed E-state index contributed by atoms with van der Waals surface area (Å²) in [7, 11) is 3.02. The number of esters is 2. The molecule has 4 heterocycles. The van der Waals surface area contributed by atoms with Gasteiger partial charge in [0.1, 0.15) is 11.1 Å². The van der Waals surface area contributed by atoms with Gasteiger partial charge in [-0.05, 0) is 49.7 Å². The molecule has 8 rings (SSSR count). The highest BCUT2D eigenvalue weighted by Gasteiger charge is 2.67. The standard InChI is InChI=1S/C44H38N6O7S3/c1-49-43(46-47-48-49)60-27-32-26-59-42-44(55-2,41(54)50(42)35(32)40(53)57-37(30-20-11-5-12-21-30)31-22-13-6-14-23-31)45-38(51)34(33-24-15-25-58-33)39(52)56-36(28-16-7-3-8-17-28)29-18-9-4-10-19-29/h3-25,34,36-37,42H,26-27H2,1-2H3,(H,45,51)/t34?,42-,44+/m1/s1. The summed E-state index contributed by atoms with van der Waals surface area (Å²) in [5, 5.41) is 15.9. The van der Waals surface area contributed by atoms with Gasteiger partial charge in [-0.3, -0.25) is 19.3 Å². The van der Waals surface area contributed by atoms with Gasteiger partial charge in [0.25, 0.3) is 11.6 Å². The van der Waals surface area contributed by atoms with Crippen LogP contribution in [-0.4, -0.2) is 78.6 Å². The minimum absolute atomic E-state index is 0.0351. The highest BCUT2D eigenvalue weighted by Crippen LogP contribution is 2.48. The van der Waals surface area contributed by atoms with Crippen molar-refractivity contribution >= 4 is 58.6 Å². The Bertz CT molecular complexity index is 2410. The fourth-order valence-corrected chi connectivity index (χ4v) is 10.4. The van der Waals surface area contributed by atoms with Crippen molar-refractivity contribution in [2.45, 2.75) is 34.4 Å². The van der Waals surface area contributed by atoms with Crippen LogP contribution in [0, 0.1) is 0 Å². The van der Waals surface area contributed by atoms with Crippen molar-refractivity contribution in [3.05, 3.63) is 177 Å². The van der Waals surface area contributed by atoms with E-state index in [-0.39, 0.29) is 17.2 Å². The van der Waals surface area contributed by atoms with E-state index in [0.29, 0.717) is 15.6 Å². The summed E-state index contributed by atoms with van der Waals surface area (Å²) in [6.45, 7) is 0. The summed E-state index contributed by atoms with van der Waals surface area (Å²) in [6, 6.07) is 40.6. The number of ether oxygens (including phenoxy) is 3. The van der Waals surface area contributed by atoms with Gasteiger partial charge in [0.05, 0.1) is 0 Å². The summed E-state index contributed by atoms with van der Waals surface area (Å²) in [6.07, 6.45) is -1.61. The number of benzene rings is 4. The number of rotatable bonds is 15. The molecule has 60 heavy (non-hydrogen) atoms. The average molecular weight is 859 g/mol. The predicted molar refractivity (Wildman–Crippen MR) is 226 cm³/mol. The normalized spacial score (nSPS) is 17.8. The van der Waals surface area contributed by atoms with Gasteiger partial charge < -0.3 is 19.5 Å². The number of aryl methyl sites for hydroxylation is 1. The molecule has 6 aromatic rings. The smallest absolute Gasteiger partial charge is 0.356 e. The Morgan fingerprint density at radius 1 is 0.817 bits per heavy atom. The second-order valence-corrected chi connectivity index (χ2v) is 16.8. The number of aromatic nitrogens is 4. The summed E-state index contributed by atoms with van der Waals surface area (Å²) >= 11 is 3.82. The number of amides is 2. The molecular formula is C44H38N6O7S3. The zero-order valence-electron chi connectivity index (χ0n) is 32.3. The number of thiophene rings is 1. The maximum Gasteiger partial charge on any atom is 0.356 e. The Labute approximate surface area is 358 Å². The van der Waals surface area contributed by atoms with Crippen LogP contribution in [0.15, 0.2) is 155 Å². The zero-order chi connectivity index (χ0) is 41.6. The molecule has 1 N–H and O–H groups in total. The molecule has 1 unspecified atom stereocenters. The van der Waals surface area contributed by atoms with Gasteiger partial charge in [-0.2, -0.15) is 0 Å². The van der Waals surface area contributed by atoms with Crippen LogP contribution in [0.5, 0.6) is 0 Å². The second kappa shape index (κ2) is 18.0. The predicted octanol–water partition coefficient (Wildman–Crippen LogP) is 6.44. The molecule has 0 spiro atoms. The number of fused-ring (bicyclic) bond motifs is 1. The minimum atomic E-state index is -1.94. The lowest BCUT2D eigenvalue weighted by Crippen LogP contribution is -2.81. The van der Waals surface area contributed by atoms with Crippen LogP contribution in [0.3, 0.4) is 0 Å². The molecule has 13 nitrogen and oxygen atoms in total. The molecule has 1 fully saturated rings. The third-order valence-corrected chi connectivity index (χ3v) is 13.5. The number of tetrazole rings is 1. The van der Waals surface area contributed by atoms with E-state index in [1.807, 2.05) is 121 Å². The van der Waals surface area contributed by atoms with E-state index in [2.05, 4.69) is 20.8 Å². The average Bonchev–Trinajstić information content (AvgIpc) is 3.98. The SMILES string of the molecule is CO[C@@]1(NC(=O)C(C(=O)OC(c2ccccc2)c2ccccc2)c2cccs2)C(=O)N2C(C(=O)OC(c3ccccc3)c3ccccc3)=C(CSc3nnnn3C)CS[C@@H]21. The van der Waals surface area contributed by atoms with Crippen LogP contribution in [0.2, 0.25) is 0 Å². The molecule has 4 aromatic carbocycles. The van der Waals surface area contributed by atoms with Crippen molar-refractivity contribution in [1.29, 1.82) is 0 Å². The Hall–Kier alpha value is -6.07. The molecule has 1 saturated heterocycles. The molecule has 0 radical (unpaired) electrons. The van der Waals surface area contributed by atoms with E-state index in [1.54, 1.807) is 24.6 Å². The number of nitrogens with zero attached hydrogens (tertiary/aromatic N) is 5. The van der Waals surface area contributed by atoms with E-state index in [1.165, 1.54) is 51.6 Å². The molecule has 3 atom stereocenters. The quantitative estimate of drug-likeness (QED) is 0.0397. The molecule has 304 valence electrons. The van der Waals surface area contributed by atoms with Crippen LogP contribution in [-0.2, 0) is 40.4 Å². The number of carbonyl (C=O) groups excluding carboxylic acids is 4. The Morgan fingerprint density at radius 2 is 1.37 bits per heavy atom. The van der Waals surface area contributed by atoms with Crippen molar-refractivity contribution in [3.8, 4) is 0 Å². The fraction of sp³-hybridized carbons (Fsp3) is 0.205. The van der Waals surface area contributed by atoms with Crippen molar-refractivity contribution in [1.82, 2.24) is 30.4 Å². The third-order valence-electron chi connectivity index (χ3n) is 10.1. The van der Waals surface area contributed by atoms with E-state index < -0.39 is 53.0 Å². The first-order valence-electron chi connectivity index (χ1n) is 18.8. The lowest BCUT2D eigenvalue weighted by molar-refractivity contribution is -0.194. The Kier molecular flexibility index (Phi) is 12.2. The van der Waals surface area contributed by atoms with Crippen LogP contribution >= 0.6 is 34.9 Å². The molecule has 0 aliphatic carbocycles. The van der Waals surface area contributed by atoms with Gasteiger partial charge in [0, 0.05) is 30.5 Å². The van der Waals surface area contributed by atoms with Gasteiger partial charge in [-0.25, -0.2) is 9.48 Å². The highest BCUT2D eigenvalue weighted by atomic mass is 32.2. The highest BCUT2D eigenvalue weighted by molar-refractivity contribution is 8.01. The van der Waals surface area contributed by atoms with E-state index in [4.69, 9.17) is 14.2 Å². The monoisotopic (exact) mass is 858 g/mol. The number of hydrogen-bond acceptors (Lipinski definition) is 13. The number of hydrogen-bond donors (Lipinski definition) is 1. The van der Waals surface area contributed by atoms with Gasteiger partial charge in [-0.15, -0.1) is 28.2 Å². The maximum absolute atomic E-state index is 14.7. The van der Waals surface area contributed by atoms with Crippen molar-refractivity contribution in [3.63, 3.8) is 0 Å². The third kappa shape index (κ3) is 8.10. The molecule has 2 aliphatic heterocycles. The topological polar surface area (TPSA) is 155 Å². The Morgan fingerprint density at radius 3 is 1.85 bits per heavy atom. The van der Waals surface area contributed by atoms with Crippen LogP contribution < -0.4 is 5.32 Å². The summed E-state index contributed by atoms with van der Waals surface area (Å²) in [4.78, 5) is 59.8. The Balaban J connectivity index is 1.10. The van der Waals surface area contributed by atoms with Crippen LogP contribution in [0.1, 0.15) is 45.3 Å². The fourth-order valence-electron chi connectivity index (χ4n) is 7.12. The van der Waals surface area contributed by atoms with Gasteiger partial charge in [0.15, 0.2) is 18.1 Å². The van der Waals surface area contributed by atoms with E-state index in [9.17, 15) is 19.2 Å². The first-order valence-corrected chi connectivity index (χ1v) is 21.7. The zero-order valence-corrected chi connectivity index (χ0v) is 34.8. The molecule has 2 aromatic heterocycles. The number of β-lactam (4-membered cyclic amide) rings is 1. The molecular weight excluding hydrogens is 821 g/mol. The first-order chi connectivity index (χ1) is 29.3. The van der Waals surface area contributed by atoms with Crippen LogP contribution in [0.4, 0.5) is 0 Å². The number of nitrogens with one attached hydrogen (secondary N) is 1. The van der Waals surface area contributed by atoms with Gasteiger partial charge >= 0.3 is 11.9 Å². The summed E-state index contributed by atoms with van der Waals surface area (Å²) < 4.78 is 19.9. The van der Waals surface area contributed by atoms with E-state index >= 15 is 0 Å². The van der Waals surface area contributed by atoms with Crippen molar-refractivity contribution in [2.75, 3.05) is 18.6 Å². The molecule has 2 aliphatic rings. The number of thioether (sulfide) groups is 2.